The first-order valence-electron chi connectivity index (χ1n) is 9.18. The van der Waals surface area contributed by atoms with Crippen molar-refractivity contribution in [2.24, 2.45) is 0 Å². The summed E-state index contributed by atoms with van der Waals surface area (Å²) in [7, 11) is 0. The van der Waals surface area contributed by atoms with Crippen molar-refractivity contribution >= 4 is 0 Å². The van der Waals surface area contributed by atoms with Gasteiger partial charge in [-0.15, -0.1) is 0 Å². The van der Waals surface area contributed by atoms with Gasteiger partial charge in [0.15, 0.2) is 0 Å². The van der Waals surface area contributed by atoms with Gasteiger partial charge in [0.05, 0.1) is 18.4 Å². The van der Waals surface area contributed by atoms with Gasteiger partial charge in [-0.25, -0.2) is 4.68 Å². The molecule has 1 fully saturated rings. The Labute approximate surface area is 153 Å². The first-order valence-corrected chi connectivity index (χ1v) is 9.18. The summed E-state index contributed by atoms with van der Waals surface area (Å²) in [6.07, 6.45) is 6.82. The third-order valence-electron chi connectivity index (χ3n) is 4.95. The van der Waals surface area contributed by atoms with Crippen LogP contribution in [0.25, 0.3) is 0 Å². The molecule has 1 aliphatic heterocycles. The zero-order valence-corrected chi connectivity index (χ0v) is 15.8. The lowest BCUT2D eigenvalue weighted by Crippen LogP contribution is -2.39. The van der Waals surface area contributed by atoms with Crippen LogP contribution in [0.5, 0.6) is 0 Å². The second kappa shape index (κ2) is 7.53. The average molecular weight is 357 g/mol. The molecule has 2 aromatic rings. The summed E-state index contributed by atoms with van der Waals surface area (Å²) in [4.78, 5) is 30.2. The highest BCUT2D eigenvalue weighted by Gasteiger charge is 2.26. The number of nitrogens with zero attached hydrogens (tertiary/aromatic N) is 5. The summed E-state index contributed by atoms with van der Waals surface area (Å²) >= 11 is 0. The maximum atomic E-state index is 12.2. The largest absolute Gasteiger partial charge is 0.311 e. The lowest BCUT2D eigenvalue weighted by Gasteiger charge is -2.25. The molecule has 0 spiro atoms. The summed E-state index contributed by atoms with van der Waals surface area (Å²) in [5, 5.41) is 4.59. The van der Waals surface area contributed by atoms with Gasteiger partial charge in [-0.05, 0) is 25.5 Å². The molecule has 1 saturated heterocycles. The Morgan fingerprint density at radius 2 is 1.96 bits per heavy atom. The minimum Gasteiger partial charge on any atom is -0.311 e. The van der Waals surface area contributed by atoms with Gasteiger partial charge in [0.1, 0.15) is 0 Å². The second-order valence-electron chi connectivity index (χ2n) is 7.93. The molecule has 1 atom stereocenters. The van der Waals surface area contributed by atoms with Crippen molar-refractivity contribution in [1.29, 1.82) is 0 Å². The molecule has 0 aliphatic carbocycles. The van der Waals surface area contributed by atoms with Crippen LogP contribution in [0.4, 0.5) is 0 Å². The van der Waals surface area contributed by atoms with Gasteiger partial charge in [0.25, 0.3) is 11.1 Å². The third kappa shape index (κ3) is 4.27. The van der Waals surface area contributed by atoms with Gasteiger partial charge in [-0.3, -0.25) is 19.5 Å². The van der Waals surface area contributed by atoms with Crippen molar-refractivity contribution in [2.45, 2.75) is 58.2 Å². The molecule has 26 heavy (non-hydrogen) atoms. The van der Waals surface area contributed by atoms with E-state index in [1.165, 1.54) is 6.20 Å². The highest BCUT2D eigenvalue weighted by molar-refractivity contribution is 5.10. The topological polar surface area (TPSA) is 73.0 Å². The molecule has 7 nitrogen and oxygen atoms in total. The molecule has 0 radical (unpaired) electrons. The van der Waals surface area contributed by atoms with E-state index in [1.807, 2.05) is 6.07 Å². The fourth-order valence-electron chi connectivity index (χ4n) is 3.37. The first-order chi connectivity index (χ1) is 12.3. The third-order valence-corrected chi connectivity index (χ3v) is 4.95. The summed E-state index contributed by atoms with van der Waals surface area (Å²) in [6.45, 7) is 9.27. The average Bonchev–Trinajstić information content (AvgIpc) is 3.02. The molecule has 1 aliphatic rings. The maximum absolute atomic E-state index is 12.2. The van der Waals surface area contributed by atoms with Crippen molar-refractivity contribution in [3.63, 3.8) is 0 Å². The summed E-state index contributed by atoms with van der Waals surface area (Å²) < 4.78 is 3.27. The molecule has 0 aromatic carbocycles. The van der Waals surface area contributed by atoms with Gasteiger partial charge in [0.2, 0.25) is 0 Å². The molecular weight excluding hydrogens is 330 g/mol. The van der Waals surface area contributed by atoms with Crippen molar-refractivity contribution < 1.29 is 0 Å². The van der Waals surface area contributed by atoms with Crippen LogP contribution in [0, 0.1) is 0 Å². The standard InChI is InChI=1S/C19H27N5O2/c1-19(2,3)16-6-7-17(25)24(21-16)14-15-5-4-9-22(15)11-12-23-10-8-20-13-18(23)26/h6-8,10,13,15H,4-5,9,11-12,14H2,1-3H3. The van der Waals surface area contributed by atoms with Crippen LogP contribution in [0.1, 0.15) is 39.3 Å². The second-order valence-corrected chi connectivity index (χ2v) is 7.93. The van der Waals surface area contributed by atoms with Crippen molar-refractivity contribution in [2.75, 3.05) is 13.1 Å². The highest BCUT2D eigenvalue weighted by atomic mass is 16.1. The zero-order chi connectivity index (χ0) is 18.7. The number of likely N-dealkylation sites (tertiary alicyclic amines) is 1. The molecule has 3 rings (SSSR count). The van der Waals surface area contributed by atoms with E-state index in [0.717, 1.165) is 31.6 Å². The monoisotopic (exact) mass is 357 g/mol. The van der Waals surface area contributed by atoms with E-state index in [2.05, 4.69) is 35.8 Å². The van der Waals surface area contributed by atoms with Crippen LogP contribution >= 0.6 is 0 Å². The minimum atomic E-state index is -0.0900. The van der Waals surface area contributed by atoms with Crippen molar-refractivity contribution in [1.82, 2.24) is 24.2 Å². The van der Waals surface area contributed by atoms with Crippen molar-refractivity contribution in [3.05, 3.63) is 57.1 Å². The van der Waals surface area contributed by atoms with E-state index in [1.54, 1.807) is 27.7 Å². The lowest BCUT2D eigenvalue weighted by molar-refractivity contribution is 0.215. The molecule has 0 amide bonds. The van der Waals surface area contributed by atoms with E-state index < -0.39 is 0 Å². The Morgan fingerprint density at radius 1 is 1.15 bits per heavy atom. The Balaban J connectivity index is 1.70. The SMILES string of the molecule is CC(C)(C)c1ccc(=O)n(CC2CCCN2CCn2ccncc2=O)n1. The normalized spacial score (nSPS) is 18.3. The summed E-state index contributed by atoms with van der Waals surface area (Å²) in [6, 6.07) is 3.71. The minimum absolute atomic E-state index is 0.0600. The Bertz CT molecular complexity index is 865. The number of aromatic nitrogens is 4. The molecule has 0 bridgehead atoms. The fraction of sp³-hybridized carbons (Fsp3) is 0.579. The molecule has 0 N–H and O–H groups in total. The first kappa shape index (κ1) is 18.5. The number of hydrogen-bond donors (Lipinski definition) is 0. The van der Waals surface area contributed by atoms with Gasteiger partial charge in [-0.2, -0.15) is 5.10 Å². The predicted octanol–water partition coefficient (Wildman–Crippen LogP) is 1.26. The molecular formula is C19H27N5O2. The van der Waals surface area contributed by atoms with E-state index >= 15 is 0 Å². The molecule has 3 heterocycles. The smallest absolute Gasteiger partial charge is 0.269 e. The van der Waals surface area contributed by atoms with Gasteiger partial charge in [0, 0.05) is 43.0 Å². The van der Waals surface area contributed by atoms with Crippen LogP contribution < -0.4 is 11.1 Å². The summed E-state index contributed by atoms with van der Waals surface area (Å²) in [5.74, 6) is 0. The molecule has 1 unspecified atom stereocenters. The Morgan fingerprint density at radius 3 is 2.69 bits per heavy atom. The van der Waals surface area contributed by atoms with E-state index in [9.17, 15) is 9.59 Å². The Hall–Kier alpha value is -2.28. The molecule has 140 valence electrons. The van der Waals surface area contributed by atoms with Crippen LogP contribution in [0.2, 0.25) is 0 Å². The van der Waals surface area contributed by atoms with Crippen LogP contribution in [-0.2, 0) is 18.5 Å². The Kier molecular flexibility index (Phi) is 5.36. The lowest BCUT2D eigenvalue weighted by atomic mass is 9.92. The molecule has 7 heteroatoms. The quantitative estimate of drug-likeness (QED) is 0.806. The van der Waals surface area contributed by atoms with Crippen molar-refractivity contribution in [3.8, 4) is 0 Å². The highest BCUT2D eigenvalue weighted by Crippen LogP contribution is 2.20. The van der Waals surface area contributed by atoms with Crippen LogP contribution in [0.15, 0.2) is 40.3 Å². The van der Waals surface area contributed by atoms with Gasteiger partial charge in [-0.1, -0.05) is 20.8 Å². The van der Waals surface area contributed by atoms with Crippen LogP contribution in [-0.4, -0.2) is 43.4 Å². The summed E-state index contributed by atoms with van der Waals surface area (Å²) in [5.41, 5.74) is 0.687. The number of rotatable bonds is 5. The van der Waals surface area contributed by atoms with E-state index in [4.69, 9.17) is 0 Å². The van der Waals surface area contributed by atoms with Crippen LogP contribution in [0.3, 0.4) is 0 Å². The molecule has 0 saturated carbocycles. The van der Waals surface area contributed by atoms with E-state index in [-0.39, 0.29) is 22.6 Å². The molecule has 2 aromatic heterocycles. The zero-order valence-electron chi connectivity index (χ0n) is 15.8. The maximum Gasteiger partial charge on any atom is 0.269 e. The number of hydrogen-bond acceptors (Lipinski definition) is 5. The predicted molar refractivity (Wildman–Crippen MR) is 100 cm³/mol. The van der Waals surface area contributed by atoms with Gasteiger partial charge >= 0.3 is 0 Å². The van der Waals surface area contributed by atoms with E-state index in [0.29, 0.717) is 13.1 Å². The van der Waals surface area contributed by atoms with Gasteiger partial charge < -0.3 is 4.57 Å². The fourth-order valence-corrected chi connectivity index (χ4v) is 3.37.